The van der Waals surface area contributed by atoms with Gasteiger partial charge < -0.3 is 14.7 Å². The Hall–Kier alpha value is -1.75. The number of sulfonamides is 1. The quantitative estimate of drug-likeness (QED) is 0.550. The van der Waals surface area contributed by atoms with Crippen LogP contribution in [0, 0.1) is 16.0 Å². The first-order valence-electron chi connectivity index (χ1n) is 9.68. The Balaban J connectivity index is 1.66. The lowest BCUT2D eigenvalue weighted by Gasteiger charge is -2.38. The molecule has 156 valence electrons. The highest BCUT2D eigenvalue weighted by atomic mass is 32.2. The van der Waals surface area contributed by atoms with E-state index in [2.05, 4.69) is 21.6 Å². The van der Waals surface area contributed by atoms with Gasteiger partial charge >= 0.3 is 0 Å². The largest absolute Gasteiger partial charge is 0.366 e. The van der Waals surface area contributed by atoms with E-state index >= 15 is 0 Å². The summed E-state index contributed by atoms with van der Waals surface area (Å²) in [4.78, 5) is 17.8. The first-order chi connectivity index (χ1) is 13.3. The van der Waals surface area contributed by atoms with Crippen molar-refractivity contribution in [2.75, 3.05) is 64.8 Å². The number of rotatable bonds is 6. The molecule has 0 unspecified atom stereocenters. The summed E-state index contributed by atoms with van der Waals surface area (Å²) in [6.45, 7) is 6.99. The van der Waals surface area contributed by atoms with Crippen LogP contribution >= 0.6 is 0 Å². The highest BCUT2D eigenvalue weighted by Gasteiger charge is 2.28. The molecule has 2 aliphatic rings. The second-order valence-electron chi connectivity index (χ2n) is 7.65. The van der Waals surface area contributed by atoms with Crippen molar-refractivity contribution in [3.63, 3.8) is 0 Å². The van der Waals surface area contributed by atoms with Gasteiger partial charge in [0.1, 0.15) is 5.69 Å². The Morgan fingerprint density at radius 3 is 2.36 bits per heavy atom. The molecule has 0 saturated carbocycles. The molecule has 1 aromatic carbocycles. The molecule has 2 fully saturated rings. The minimum atomic E-state index is -3.71. The molecule has 0 bridgehead atoms. The van der Waals surface area contributed by atoms with Crippen LogP contribution in [0.4, 0.5) is 11.4 Å². The molecular weight excluding hydrogens is 382 g/mol. The second-order valence-corrected chi connectivity index (χ2v) is 9.54. The lowest BCUT2D eigenvalue weighted by Crippen LogP contribution is -2.47. The number of anilines is 1. The number of nitrogens with one attached hydrogen (secondary N) is 1. The van der Waals surface area contributed by atoms with E-state index in [1.54, 1.807) is 6.07 Å². The van der Waals surface area contributed by atoms with Crippen molar-refractivity contribution in [1.29, 1.82) is 0 Å². The minimum Gasteiger partial charge on any atom is -0.366 e. The van der Waals surface area contributed by atoms with Gasteiger partial charge in [-0.3, -0.25) is 10.1 Å². The van der Waals surface area contributed by atoms with Crippen LogP contribution in [-0.4, -0.2) is 83.0 Å². The Bertz CT molecular complexity index is 800. The van der Waals surface area contributed by atoms with Crippen molar-refractivity contribution in [3.8, 4) is 0 Å². The highest BCUT2D eigenvalue weighted by Crippen LogP contribution is 2.33. The summed E-state index contributed by atoms with van der Waals surface area (Å²) in [5.41, 5.74) is 0.340. The van der Waals surface area contributed by atoms with Gasteiger partial charge in [0.15, 0.2) is 0 Å². The summed E-state index contributed by atoms with van der Waals surface area (Å²) < 4.78 is 26.1. The average Bonchev–Trinajstić information content (AvgIpc) is 2.70. The summed E-state index contributed by atoms with van der Waals surface area (Å²) in [6.07, 6.45) is 1.97. The topological polar surface area (TPSA) is 99.0 Å². The van der Waals surface area contributed by atoms with Crippen LogP contribution in [0.1, 0.15) is 12.8 Å². The summed E-state index contributed by atoms with van der Waals surface area (Å²) >= 11 is 0. The fourth-order valence-corrected chi connectivity index (χ4v) is 4.70. The van der Waals surface area contributed by atoms with Gasteiger partial charge in [-0.25, -0.2) is 13.1 Å². The predicted octanol–water partition coefficient (Wildman–Crippen LogP) is 0.967. The maximum Gasteiger partial charge on any atom is 0.293 e. The molecule has 0 amide bonds. The number of hydrogen-bond acceptors (Lipinski definition) is 7. The lowest BCUT2D eigenvalue weighted by atomic mass is 9.95. The average molecular weight is 412 g/mol. The van der Waals surface area contributed by atoms with Crippen LogP contribution < -0.4 is 9.62 Å². The van der Waals surface area contributed by atoms with Gasteiger partial charge in [0, 0.05) is 51.9 Å². The SMILES string of the molecule is CNS(=O)(=O)c1ccc(N2CCC(CN3CCN(C)CC3)CC2)c([N+](=O)[O-])c1. The highest BCUT2D eigenvalue weighted by molar-refractivity contribution is 7.89. The maximum absolute atomic E-state index is 12.0. The molecular formula is C18H29N5O4S. The van der Waals surface area contributed by atoms with Gasteiger partial charge in [-0.1, -0.05) is 0 Å². The van der Waals surface area contributed by atoms with Crippen LogP contribution in [0.15, 0.2) is 23.1 Å². The standard InChI is InChI=1S/C18H29N5O4S/c1-19-28(26,27)16-3-4-17(18(13-16)23(24)25)22-7-5-15(6-8-22)14-21-11-9-20(2)10-12-21/h3-4,13,15,19H,5-12,14H2,1-2H3. The van der Waals surface area contributed by atoms with Crippen LogP contribution in [0.2, 0.25) is 0 Å². The first kappa shape index (κ1) is 21.0. The molecule has 2 heterocycles. The van der Waals surface area contributed by atoms with E-state index in [4.69, 9.17) is 0 Å². The number of nitro groups is 1. The van der Waals surface area contributed by atoms with E-state index in [0.29, 0.717) is 11.6 Å². The smallest absolute Gasteiger partial charge is 0.293 e. The van der Waals surface area contributed by atoms with Gasteiger partial charge in [0.05, 0.1) is 9.82 Å². The normalized spacial score (nSPS) is 20.4. The monoisotopic (exact) mass is 411 g/mol. The van der Waals surface area contributed by atoms with Crippen LogP contribution in [-0.2, 0) is 10.0 Å². The van der Waals surface area contributed by atoms with Crippen molar-refractivity contribution in [1.82, 2.24) is 14.5 Å². The number of likely N-dealkylation sites (N-methyl/N-ethyl adjacent to an activating group) is 1. The van der Waals surface area contributed by atoms with E-state index in [1.165, 1.54) is 13.1 Å². The van der Waals surface area contributed by atoms with E-state index in [9.17, 15) is 18.5 Å². The Morgan fingerprint density at radius 2 is 1.79 bits per heavy atom. The van der Waals surface area contributed by atoms with Gasteiger partial charge in [-0.15, -0.1) is 0 Å². The molecule has 0 aliphatic carbocycles. The van der Waals surface area contributed by atoms with E-state index in [1.807, 2.05) is 4.90 Å². The Kier molecular flexibility index (Phi) is 6.54. The van der Waals surface area contributed by atoms with Crippen LogP contribution in [0.5, 0.6) is 0 Å². The Labute approximate surface area is 166 Å². The van der Waals surface area contributed by atoms with Gasteiger partial charge in [-0.2, -0.15) is 0 Å². The molecule has 0 radical (unpaired) electrons. The molecule has 0 aromatic heterocycles. The number of nitro benzene ring substituents is 1. The van der Waals surface area contributed by atoms with Crippen LogP contribution in [0.3, 0.4) is 0 Å². The lowest BCUT2D eigenvalue weighted by molar-refractivity contribution is -0.384. The molecule has 9 nitrogen and oxygen atoms in total. The summed E-state index contributed by atoms with van der Waals surface area (Å²) in [6, 6.07) is 4.14. The van der Waals surface area contributed by atoms with Gasteiger partial charge in [0.2, 0.25) is 10.0 Å². The van der Waals surface area contributed by atoms with Crippen molar-refractivity contribution < 1.29 is 13.3 Å². The number of benzene rings is 1. The van der Waals surface area contributed by atoms with Crippen molar-refractivity contribution in [3.05, 3.63) is 28.3 Å². The van der Waals surface area contributed by atoms with Gasteiger partial charge in [0.25, 0.3) is 5.69 Å². The molecule has 3 rings (SSSR count). The first-order valence-corrected chi connectivity index (χ1v) is 11.2. The zero-order valence-electron chi connectivity index (χ0n) is 16.5. The molecule has 2 saturated heterocycles. The van der Waals surface area contributed by atoms with E-state index in [0.717, 1.165) is 64.7 Å². The number of nitrogens with zero attached hydrogens (tertiary/aromatic N) is 4. The minimum absolute atomic E-state index is 0.0876. The molecule has 1 aromatic rings. The summed E-state index contributed by atoms with van der Waals surface area (Å²) in [7, 11) is -0.272. The van der Waals surface area contributed by atoms with Crippen molar-refractivity contribution in [2.45, 2.75) is 17.7 Å². The summed E-state index contributed by atoms with van der Waals surface area (Å²) in [5, 5.41) is 11.5. The molecule has 0 atom stereocenters. The third-order valence-corrected chi connectivity index (χ3v) is 7.20. The van der Waals surface area contributed by atoms with Gasteiger partial charge in [-0.05, 0) is 45.0 Å². The predicted molar refractivity (Wildman–Crippen MR) is 108 cm³/mol. The van der Waals surface area contributed by atoms with Crippen LogP contribution in [0.25, 0.3) is 0 Å². The third-order valence-electron chi connectivity index (χ3n) is 5.79. The molecule has 28 heavy (non-hydrogen) atoms. The molecule has 2 aliphatic heterocycles. The number of piperazine rings is 1. The van der Waals surface area contributed by atoms with Crippen molar-refractivity contribution >= 4 is 21.4 Å². The maximum atomic E-state index is 12.0. The van der Waals surface area contributed by atoms with E-state index < -0.39 is 14.9 Å². The molecule has 10 heteroatoms. The molecule has 0 spiro atoms. The number of hydrogen-bond donors (Lipinski definition) is 1. The zero-order chi connectivity index (χ0) is 20.3. The third kappa shape index (κ3) is 4.80. The van der Waals surface area contributed by atoms with E-state index in [-0.39, 0.29) is 10.6 Å². The zero-order valence-corrected chi connectivity index (χ0v) is 17.3. The van der Waals surface area contributed by atoms with Crippen molar-refractivity contribution in [2.24, 2.45) is 5.92 Å². The Morgan fingerprint density at radius 1 is 1.14 bits per heavy atom. The fraction of sp³-hybridized carbons (Fsp3) is 0.667. The molecule has 1 N–H and O–H groups in total. The summed E-state index contributed by atoms with van der Waals surface area (Å²) in [5.74, 6) is 0.600. The fourth-order valence-electron chi connectivity index (χ4n) is 3.95. The second kappa shape index (κ2) is 8.73. The number of piperidine rings is 1.